The summed E-state index contributed by atoms with van der Waals surface area (Å²) in [6.07, 6.45) is 0.350. The lowest BCUT2D eigenvalue weighted by Crippen LogP contribution is -1.88. The van der Waals surface area contributed by atoms with Crippen molar-refractivity contribution in [1.29, 1.82) is 0 Å². The van der Waals surface area contributed by atoms with E-state index >= 15 is 0 Å². The van der Waals surface area contributed by atoms with Gasteiger partial charge in [0.1, 0.15) is 5.82 Å². The summed E-state index contributed by atoms with van der Waals surface area (Å²) in [5, 5.41) is 9.40. The Morgan fingerprint density at radius 1 is 1.14 bits per heavy atom. The van der Waals surface area contributed by atoms with Gasteiger partial charge in [0.25, 0.3) is 0 Å². The van der Waals surface area contributed by atoms with Crippen molar-refractivity contribution in [3.8, 4) is 11.8 Å². The molecule has 1 nitrogen and oxygen atoms in total. The minimum Gasteiger partial charge on any atom is -0.395 e. The number of halogens is 2. The zero-order valence-electron chi connectivity index (χ0n) is 11.3. The molecule has 0 saturated heterocycles. The van der Waals surface area contributed by atoms with Crippen molar-refractivity contribution >= 4 is 23.4 Å². The van der Waals surface area contributed by atoms with Crippen LogP contribution in [0, 0.1) is 17.7 Å². The maximum atomic E-state index is 13.6. The Labute approximate surface area is 133 Å². The van der Waals surface area contributed by atoms with E-state index in [0.29, 0.717) is 17.0 Å². The fourth-order valence-electron chi connectivity index (χ4n) is 1.67. The highest BCUT2D eigenvalue weighted by atomic mass is 35.5. The van der Waals surface area contributed by atoms with E-state index in [2.05, 4.69) is 11.8 Å². The number of hydrogen-bond donors (Lipinski definition) is 1. The van der Waals surface area contributed by atoms with Gasteiger partial charge >= 0.3 is 0 Å². The molecular weight excluding hydrogens is 307 g/mol. The minimum atomic E-state index is -0.333. The summed E-state index contributed by atoms with van der Waals surface area (Å²) in [5.41, 5.74) is 1.38. The molecule has 0 radical (unpaired) electrons. The first kappa shape index (κ1) is 15.9. The van der Waals surface area contributed by atoms with Crippen molar-refractivity contribution < 1.29 is 9.50 Å². The van der Waals surface area contributed by atoms with Crippen LogP contribution in [-0.2, 0) is 5.75 Å². The summed E-state index contributed by atoms with van der Waals surface area (Å²) in [6.45, 7) is -0.0132. The van der Waals surface area contributed by atoms with Gasteiger partial charge in [-0.3, -0.25) is 0 Å². The van der Waals surface area contributed by atoms with Gasteiger partial charge in [-0.05, 0) is 42.0 Å². The first-order chi connectivity index (χ1) is 10.2. The van der Waals surface area contributed by atoms with Crippen molar-refractivity contribution in [2.75, 3.05) is 6.61 Å². The standard InChI is InChI=1S/C17H14ClFOS/c18-15-5-7-16(8-6-15)21-12-13-4-9-17(19)14(11-13)3-1-2-10-20/h4-9,11,20H,2,10,12H2. The molecule has 0 bridgehead atoms. The molecule has 108 valence electrons. The van der Waals surface area contributed by atoms with Crippen LogP contribution in [0.5, 0.6) is 0 Å². The van der Waals surface area contributed by atoms with Crippen LogP contribution in [0.2, 0.25) is 5.02 Å². The van der Waals surface area contributed by atoms with Crippen LogP contribution in [0.25, 0.3) is 0 Å². The topological polar surface area (TPSA) is 20.2 Å². The molecule has 1 N–H and O–H groups in total. The third-order valence-corrected chi connectivity index (χ3v) is 4.04. The van der Waals surface area contributed by atoms with E-state index in [4.69, 9.17) is 16.7 Å². The molecule has 0 heterocycles. The molecule has 0 fully saturated rings. The highest BCUT2D eigenvalue weighted by molar-refractivity contribution is 7.98. The number of benzene rings is 2. The Kier molecular flexibility index (Phi) is 6.13. The Hall–Kier alpha value is -1.47. The largest absolute Gasteiger partial charge is 0.395 e. The van der Waals surface area contributed by atoms with Gasteiger partial charge in [0.2, 0.25) is 0 Å². The zero-order chi connectivity index (χ0) is 15.1. The SMILES string of the molecule is OCCC#Cc1cc(CSc2ccc(Cl)cc2)ccc1F. The third-order valence-electron chi connectivity index (χ3n) is 2.71. The number of rotatable bonds is 4. The van der Waals surface area contributed by atoms with E-state index < -0.39 is 0 Å². The molecule has 0 aliphatic rings. The maximum Gasteiger partial charge on any atom is 0.138 e. The lowest BCUT2D eigenvalue weighted by atomic mass is 10.1. The van der Waals surface area contributed by atoms with Gasteiger partial charge in [-0.25, -0.2) is 4.39 Å². The first-order valence-electron chi connectivity index (χ1n) is 6.45. The van der Waals surface area contributed by atoms with E-state index in [1.54, 1.807) is 23.9 Å². The lowest BCUT2D eigenvalue weighted by molar-refractivity contribution is 0.305. The number of thioether (sulfide) groups is 1. The molecule has 0 aliphatic heterocycles. The molecule has 0 aliphatic carbocycles. The van der Waals surface area contributed by atoms with Gasteiger partial charge in [-0.2, -0.15) is 0 Å². The molecule has 0 atom stereocenters. The Morgan fingerprint density at radius 3 is 2.62 bits per heavy atom. The fourth-order valence-corrected chi connectivity index (χ4v) is 2.64. The van der Waals surface area contributed by atoms with Gasteiger partial charge < -0.3 is 5.11 Å². The molecule has 0 unspecified atom stereocenters. The molecule has 2 aromatic carbocycles. The van der Waals surface area contributed by atoms with Gasteiger partial charge in [0.15, 0.2) is 0 Å². The monoisotopic (exact) mass is 320 g/mol. The summed E-state index contributed by atoms with van der Waals surface area (Å²) in [7, 11) is 0. The van der Waals surface area contributed by atoms with E-state index in [0.717, 1.165) is 16.2 Å². The molecule has 2 rings (SSSR count). The summed E-state index contributed by atoms with van der Waals surface area (Å²) in [5.74, 6) is 5.89. The van der Waals surface area contributed by atoms with Crippen molar-refractivity contribution in [2.24, 2.45) is 0 Å². The van der Waals surface area contributed by atoms with Crippen LogP contribution in [-0.4, -0.2) is 11.7 Å². The second-order valence-electron chi connectivity index (χ2n) is 4.33. The van der Waals surface area contributed by atoms with Gasteiger partial charge in [-0.1, -0.05) is 29.5 Å². The molecule has 2 aromatic rings. The number of hydrogen-bond acceptors (Lipinski definition) is 2. The molecule has 4 heteroatoms. The van der Waals surface area contributed by atoms with Crippen LogP contribution in [0.1, 0.15) is 17.5 Å². The quantitative estimate of drug-likeness (QED) is 0.661. The smallest absolute Gasteiger partial charge is 0.138 e. The lowest BCUT2D eigenvalue weighted by Gasteiger charge is -2.04. The summed E-state index contributed by atoms with van der Waals surface area (Å²) < 4.78 is 13.6. The summed E-state index contributed by atoms with van der Waals surface area (Å²) in [4.78, 5) is 1.11. The van der Waals surface area contributed by atoms with Crippen LogP contribution in [0.3, 0.4) is 0 Å². The Bertz CT molecular complexity index is 659. The van der Waals surface area contributed by atoms with E-state index in [-0.39, 0.29) is 12.4 Å². The van der Waals surface area contributed by atoms with E-state index in [9.17, 15) is 4.39 Å². The van der Waals surface area contributed by atoms with Crippen molar-refractivity contribution in [1.82, 2.24) is 0 Å². The highest BCUT2D eigenvalue weighted by Crippen LogP contribution is 2.25. The minimum absolute atomic E-state index is 0.0132. The average Bonchev–Trinajstić information content (AvgIpc) is 2.49. The van der Waals surface area contributed by atoms with E-state index in [1.165, 1.54) is 6.07 Å². The van der Waals surface area contributed by atoms with Crippen LogP contribution in [0.15, 0.2) is 47.4 Å². The molecule has 0 aromatic heterocycles. The van der Waals surface area contributed by atoms with Crippen molar-refractivity contribution in [3.63, 3.8) is 0 Å². The number of aliphatic hydroxyl groups excluding tert-OH is 1. The third kappa shape index (κ3) is 5.09. The molecule has 0 saturated carbocycles. The predicted octanol–water partition coefficient (Wildman–Crippen LogP) is 4.51. The van der Waals surface area contributed by atoms with E-state index in [1.807, 2.05) is 24.3 Å². The Morgan fingerprint density at radius 2 is 1.90 bits per heavy atom. The molecule has 0 spiro atoms. The predicted molar refractivity (Wildman–Crippen MR) is 86.0 cm³/mol. The van der Waals surface area contributed by atoms with Crippen LogP contribution >= 0.6 is 23.4 Å². The van der Waals surface area contributed by atoms with Crippen molar-refractivity contribution in [2.45, 2.75) is 17.1 Å². The molecule has 21 heavy (non-hydrogen) atoms. The maximum absolute atomic E-state index is 13.6. The summed E-state index contributed by atoms with van der Waals surface area (Å²) in [6, 6.07) is 12.6. The molecule has 0 amide bonds. The number of aliphatic hydroxyl groups is 1. The average molecular weight is 321 g/mol. The van der Waals surface area contributed by atoms with Gasteiger partial charge in [0.05, 0.1) is 12.2 Å². The normalized spacial score (nSPS) is 10.0. The highest BCUT2D eigenvalue weighted by Gasteiger charge is 2.02. The van der Waals surface area contributed by atoms with Gasteiger partial charge in [-0.15, -0.1) is 11.8 Å². The Balaban J connectivity index is 2.05. The second-order valence-corrected chi connectivity index (χ2v) is 5.82. The van der Waals surface area contributed by atoms with Gasteiger partial charge in [0, 0.05) is 22.1 Å². The van der Waals surface area contributed by atoms with Crippen molar-refractivity contribution in [3.05, 3.63) is 64.4 Å². The summed E-state index contributed by atoms with van der Waals surface area (Å²) >= 11 is 7.50. The van der Waals surface area contributed by atoms with Crippen LogP contribution < -0.4 is 0 Å². The fraction of sp³-hybridized carbons (Fsp3) is 0.176. The zero-order valence-corrected chi connectivity index (χ0v) is 12.8. The first-order valence-corrected chi connectivity index (χ1v) is 7.82. The second kappa shape index (κ2) is 8.09. The molecular formula is C17H14ClFOS. The van der Waals surface area contributed by atoms with Crippen LogP contribution in [0.4, 0.5) is 4.39 Å².